The first kappa shape index (κ1) is 13.6. The lowest BCUT2D eigenvalue weighted by molar-refractivity contribution is 0.223. The highest BCUT2D eigenvalue weighted by Crippen LogP contribution is 2.14. The molecule has 94 valence electrons. The normalized spacial score (nSPS) is 10.1. The molecule has 0 bridgehead atoms. The minimum Gasteiger partial charge on any atom is -0.473 e. The fourth-order valence-electron chi connectivity index (χ4n) is 1.08. The predicted octanol–water partition coefficient (Wildman–Crippen LogP) is 2.63. The number of carbonyl (C=O) groups excluding carboxylic acids is 1. The molecular weight excluding hydrogens is 240 g/mol. The van der Waals surface area contributed by atoms with E-state index in [9.17, 15) is 4.79 Å². The van der Waals surface area contributed by atoms with E-state index < -0.39 is 0 Å². The number of hydrogen-bond acceptors (Lipinski definition) is 2. The van der Waals surface area contributed by atoms with Crippen molar-refractivity contribution in [3.63, 3.8) is 0 Å². The van der Waals surface area contributed by atoms with E-state index in [1.807, 2.05) is 13.8 Å². The van der Waals surface area contributed by atoms with Gasteiger partial charge in [0.2, 0.25) is 0 Å². The summed E-state index contributed by atoms with van der Waals surface area (Å²) in [6.07, 6.45) is 0. The van der Waals surface area contributed by atoms with Crippen LogP contribution in [0, 0.1) is 5.92 Å². The molecular formula is C12H17ClN2O2. The third kappa shape index (κ3) is 6.02. The summed E-state index contributed by atoms with van der Waals surface area (Å²) in [5.74, 6) is 1.09. The second-order valence-electron chi connectivity index (χ2n) is 4.02. The molecule has 0 aliphatic heterocycles. The van der Waals surface area contributed by atoms with Crippen molar-refractivity contribution < 1.29 is 9.53 Å². The van der Waals surface area contributed by atoms with Crippen LogP contribution in [-0.4, -0.2) is 19.3 Å². The van der Waals surface area contributed by atoms with Crippen LogP contribution in [0.3, 0.4) is 0 Å². The van der Waals surface area contributed by atoms with Crippen molar-refractivity contribution in [3.05, 3.63) is 29.3 Å². The molecule has 17 heavy (non-hydrogen) atoms. The van der Waals surface area contributed by atoms with Gasteiger partial charge in [-0.1, -0.05) is 25.4 Å². The summed E-state index contributed by atoms with van der Waals surface area (Å²) in [6.45, 7) is 4.84. The molecule has 0 aromatic heterocycles. The Morgan fingerprint density at radius 2 is 1.94 bits per heavy atom. The van der Waals surface area contributed by atoms with Gasteiger partial charge in [-0.2, -0.15) is 0 Å². The minimum absolute atomic E-state index is 0.131. The van der Waals surface area contributed by atoms with E-state index in [1.54, 1.807) is 24.3 Å². The number of carbonyl (C=O) groups is 1. The Morgan fingerprint density at radius 3 is 2.53 bits per heavy atom. The molecule has 0 aliphatic carbocycles. The predicted molar refractivity (Wildman–Crippen MR) is 68.3 cm³/mol. The average molecular weight is 257 g/mol. The lowest BCUT2D eigenvalue weighted by Crippen LogP contribution is -2.39. The smallest absolute Gasteiger partial charge is 0.317 e. The Kier molecular flexibility index (Phi) is 5.63. The maximum absolute atomic E-state index is 11.3. The summed E-state index contributed by atoms with van der Waals surface area (Å²) in [6, 6.07) is 6.73. The second kappa shape index (κ2) is 7.01. The lowest BCUT2D eigenvalue weighted by atomic mass is 10.2. The van der Waals surface area contributed by atoms with Gasteiger partial charge < -0.3 is 15.4 Å². The molecule has 0 aliphatic rings. The van der Waals surface area contributed by atoms with Crippen LogP contribution >= 0.6 is 11.6 Å². The number of ether oxygens (including phenoxy) is 1. The molecule has 0 atom stereocenters. The quantitative estimate of drug-likeness (QED) is 0.796. The van der Waals surface area contributed by atoms with Crippen LogP contribution in [0.4, 0.5) is 4.79 Å². The van der Waals surface area contributed by atoms with Gasteiger partial charge >= 0.3 is 6.03 Å². The van der Waals surface area contributed by atoms with Crippen molar-refractivity contribution in [1.82, 2.24) is 10.6 Å². The van der Waals surface area contributed by atoms with Crippen molar-refractivity contribution in [1.29, 1.82) is 0 Å². The largest absolute Gasteiger partial charge is 0.473 e. The monoisotopic (exact) mass is 256 g/mol. The van der Waals surface area contributed by atoms with Crippen molar-refractivity contribution in [3.8, 4) is 5.75 Å². The Bertz CT molecular complexity index is 352. The summed E-state index contributed by atoms with van der Waals surface area (Å²) >= 11 is 5.73. The molecule has 0 saturated carbocycles. The van der Waals surface area contributed by atoms with E-state index >= 15 is 0 Å². The third-order valence-corrected chi connectivity index (χ3v) is 2.21. The van der Waals surface area contributed by atoms with Gasteiger partial charge in [0.05, 0.1) is 0 Å². The highest BCUT2D eigenvalue weighted by Gasteiger charge is 2.00. The van der Waals surface area contributed by atoms with E-state index in [0.29, 0.717) is 23.2 Å². The van der Waals surface area contributed by atoms with Crippen LogP contribution in [0.15, 0.2) is 24.3 Å². The fraction of sp³-hybridized carbons (Fsp3) is 0.417. The summed E-state index contributed by atoms with van der Waals surface area (Å²) in [5, 5.41) is 5.97. The van der Waals surface area contributed by atoms with Crippen LogP contribution in [0.5, 0.6) is 5.75 Å². The molecule has 1 rings (SSSR count). The molecule has 2 N–H and O–H groups in total. The highest BCUT2D eigenvalue weighted by molar-refractivity contribution is 6.30. The Hall–Kier alpha value is -1.42. The van der Waals surface area contributed by atoms with E-state index in [4.69, 9.17) is 16.3 Å². The summed E-state index contributed by atoms with van der Waals surface area (Å²) in [7, 11) is 0. The van der Waals surface area contributed by atoms with Crippen LogP contribution < -0.4 is 15.4 Å². The van der Waals surface area contributed by atoms with Gasteiger partial charge in [-0.25, -0.2) is 4.79 Å². The van der Waals surface area contributed by atoms with E-state index in [1.165, 1.54) is 0 Å². The van der Waals surface area contributed by atoms with Gasteiger partial charge in [0.25, 0.3) is 0 Å². The molecule has 1 aromatic rings. The molecule has 0 unspecified atom stereocenters. The molecule has 0 radical (unpaired) electrons. The molecule has 2 amide bonds. The molecule has 0 saturated heterocycles. The number of nitrogens with one attached hydrogen (secondary N) is 2. The molecule has 0 fully saturated rings. The van der Waals surface area contributed by atoms with Crippen LogP contribution in [0.25, 0.3) is 0 Å². The number of amides is 2. The van der Waals surface area contributed by atoms with Crippen LogP contribution in [0.1, 0.15) is 13.8 Å². The van der Waals surface area contributed by atoms with Gasteiger partial charge in [-0.05, 0) is 30.2 Å². The Labute approximate surface area is 106 Å². The maximum Gasteiger partial charge on any atom is 0.317 e. The summed E-state index contributed by atoms with van der Waals surface area (Å²) < 4.78 is 5.31. The number of urea groups is 1. The van der Waals surface area contributed by atoms with E-state index in [0.717, 1.165) is 0 Å². The van der Waals surface area contributed by atoms with E-state index in [-0.39, 0.29) is 12.8 Å². The minimum atomic E-state index is -0.229. The highest BCUT2D eigenvalue weighted by atomic mass is 35.5. The van der Waals surface area contributed by atoms with Crippen molar-refractivity contribution in [2.24, 2.45) is 5.92 Å². The van der Waals surface area contributed by atoms with Gasteiger partial charge in [-0.3, -0.25) is 0 Å². The zero-order valence-corrected chi connectivity index (χ0v) is 10.8. The Morgan fingerprint density at radius 1 is 1.29 bits per heavy atom. The Balaban J connectivity index is 2.19. The molecule has 0 spiro atoms. The summed E-state index contributed by atoms with van der Waals surface area (Å²) in [4.78, 5) is 11.3. The second-order valence-corrected chi connectivity index (χ2v) is 4.46. The fourth-order valence-corrected chi connectivity index (χ4v) is 1.20. The first-order valence-electron chi connectivity index (χ1n) is 5.48. The number of rotatable bonds is 5. The van der Waals surface area contributed by atoms with Gasteiger partial charge in [0.1, 0.15) is 5.75 Å². The number of halogens is 1. The first-order valence-corrected chi connectivity index (χ1v) is 5.86. The molecule has 0 heterocycles. The molecule has 4 nitrogen and oxygen atoms in total. The van der Waals surface area contributed by atoms with Crippen molar-refractivity contribution in [2.45, 2.75) is 13.8 Å². The average Bonchev–Trinajstić information content (AvgIpc) is 2.29. The summed E-state index contributed by atoms with van der Waals surface area (Å²) in [5.41, 5.74) is 0. The van der Waals surface area contributed by atoms with Crippen molar-refractivity contribution in [2.75, 3.05) is 13.3 Å². The molecule has 1 aromatic carbocycles. The molecule has 5 heteroatoms. The SMILES string of the molecule is CC(C)CNC(=O)NCOc1ccc(Cl)cc1. The van der Waals surface area contributed by atoms with Gasteiger partial charge in [0.15, 0.2) is 6.73 Å². The zero-order chi connectivity index (χ0) is 12.7. The lowest BCUT2D eigenvalue weighted by Gasteiger charge is -2.10. The standard InChI is InChI=1S/C12H17ClN2O2/c1-9(2)7-14-12(16)15-8-17-11-5-3-10(13)4-6-11/h3-6,9H,7-8H2,1-2H3,(H2,14,15,16). The van der Waals surface area contributed by atoms with Crippen molar-refractivity contribution >= 4 is 17.6 Å². The van der Waals surface area contributed by atoms with Gasteiger partial charge in [-0.15, -0.1) is 0 Å². The van der Waals surface area contributed by atoms with Gasteiger partial charge in [0, 0.05) is 11.6 Å². The van der Waals surface area contributed by atoms with Crippen LogP contribution in [-0.2, 0) is 0 Å². The topological polar surface area (TPSA) is 50.4 Å². The van der Waals surface area contributed by atoms with E-state index in [2.05, 4.69) is 10.6 Å². The number of benzene rings is 1. The maximum atomic E-state index is 11.3. The third-order valence-electron chi connectivity index (χ3n) is 1.96. The first-order chi connectivity index (χ1) is 8.08. The number of hydrogen-bond donors (Lipinski definition) is 2. The zero-order valence-electron chi connectivity index (χ0n) is 10.00. The van der Waals surface area contributed by atoms with Crippen LogP contribution in [0.2, 0.25) is 5.02 Å².